The summed E-state index contributed by atoms with van der Waals surface area (Å²) in [6, 6.07) is 17.1. The minimum atomic E-state index is -0.279. The average Bonchev–Trinajstić information content (AvgIpc) is 2.55. The highest BCUT2D eigenvalue weighted by Gasteiger charge is 2.10. The van der Waals surface area contributed by atoms with E-state index < -0.39 is 0 Å². The average molecular weight is 325 g/mol. The number of rotatable bonds is 7. The van der Waals surface area contributed by atoms with Crippen molar-refractivity contribution in [3.05, 3.63) is 59.7 Å². The van der Waals surface area contributed by atoms with E-state index in [1.807, 2.05) is 42.5 Å². The summed E-state index contributed by atoms with van der Waals surface area (Å²) in [5.74, 6) is -0.556. The Labute approximate surface area is 142 Å². The summed E-state index contributed by atoms with van der Waals surface area (Å²) in [4.78, 5) is 21.9. The first-order valence-corrected chi connectivity index (χ1v) is 7.92. The zero-order valence-corrected chi connectivity index (χ0v) is 14.0. The Bertz CT molecular complexity index is 645. The number of hydrogen-bond acceptors (Lipinski definition) is 4. The van der Waals surface area contributed by atoms with Crippen molar-refractivity contribution in [1.29, 1.82) is 0 Å². The summed E-state index contributed by atoms with van der Waals surface area (Å²) in [6.07, 6.45) is 1.27. The van der Waals surface area contributed by atoms with Gasteiger partial charge in [-0.2, -0.15) is 0 Å². The van der Waals surface area contributed by atoms with Crippen LogP contribution in [0.25, 0.3) is 11.1 Å². The third-order valence-corrected chi connectivity index (χ3v) is 3.58. The van der Waals surface area contributed by atoms with Crippen molar-refractivity contribution < 1.29 is 19.1 Å². The topological polar surface area (TPSA) is 52.6 Å². The lowest BCUT2D eigenvalue weighted by Crippen LogP contribution is -2.06. The van der Waals surface area contributed by atoms with Crippen molar-refractivity contribution in [2.45, 2.75) is 26.7 Å². The predicted octanol–water partition coefficient (Wildman–Crippen LogP) is 3.36. The van der Waals surface area contributed by atoms with E-state index in [1.165, 1.54) is 13.8 Å². The SMILES string of the molecule is CC(=O)OCCc1ccc[c]c1-c1ccccc1CCOC(C)=O. The Morgan fingerprint density at radius 3 is 2.12 bits per heavy atom. The molecule has 0 amide bonds. The van der Waals surface area contributed by atoms with Gasteiger partial charge in [0.1, 0.15) is 0 Å². The summed E-state index contributed by atoms with van der Waals surface area (Å²) in [5.41, 5.74) is 4.21. The first-order chi connectivity index (χ1) is 11.6. The Morgan fingerprint density at radius 1 is 0.875 bits per heavy atom. The molecule has 0 aliphatic carbocycles. The van der Waals surface area contributed by atoms with Gasteiger partial charge in [-0.1, -0.05) is 42.5 Å². The van der Waals surface area contributed by atoms with Crippen LogP contribution < -0.4 is 0 Å². The van der Waals surface area contributed by atoms with Crippen molar-refractivity contribution in [3.8, 4) is 11.1 Å². The van der Waals surface area contributed by atoms with Crippen molar-refractivity contribution in [2.24, 2.45) is 0 Å². The number of carbonyl (C=O) groups is 2. The highest BCUT2D eigenvalue weighted by atomic mass is 16.5. The molecule has 0 saturated heterocycles. The van der Waals surface area contributed by atoms with E-state index in [4.69, 9.17) is 9.47 Å². The molecule has 24 heavy (non-hydrogen) atoms. The van der Waals surface area contributed by atoms with Crippen LogP contribution in [0.5, 0.6) is 0 Å². The highest BCUT2D eigenvalue weighted by Crippen LogP contribution is 2.27. The lowest BCUT2D eigenvalue weighted by molar-refractivity contribution is -0.141. The molecule has 0 bridgehead atoms. The van der Waals surface area contributed by atoms with Crippen LogP contribution in [0.2, 0.25) is 0 Å². The van der Waals surface area contributed by atoms with Gasteiger partial charge in [0, 0.05) is 26.7 Å². The molecule has 4 nitrogen and oxygen atoms in total. The van der Waals surface area contributed by atoms with Gasteiger partial charge >= 0.3 is 11.9 Å². The van der Waals surface area contributed by atoms with Gasteiger partial charge in [-0.25, -0.2) is 0 Å². The van der Waals surface area contributed by atoms with E-state index in [0.717, 1.165) is 22.3 Å². The van der Waals surface area contributed by atoms with E-state index in [1.54, 1.807) is 0 Å². The van der Waals surface area contributed by atoms with E-state index >= 15 is 0 Å². The number of carbonyl (C=O) groups excluding carboxylic acids is 2. The Kier molecular flexibility index (Phi) is 6.55. The zero-order chi connectivity index (χ0) is 17.4. The monoisotopic (exact) mass is 325 g/mol. The molecule has 0 N–H and O–H groups in total. The maximum atomic E-state index is 10.9. The van der Waals surface area contributed by atoms with Gasteiger partial charge in [-0.3, -0.25) is 9.59 Å². The molecule has 0 fully saturated rings. The molecule has 2 aromatic rings. The predicted molar refractivity (Wildman–Crippen MR) is 91.4 cm³/mol. The molecule has 0 aromatic heterocycles. The molecule has 0 saturated carbocycles. The Balaban J connectivity index is 2.21. The summed E-state index contributed by atoms with van der Waals surface area (Å²) in [5, 5.41) is 0. The van der Waals surface area contributed by atoms with Gasteiger partial charge in [0.15, 0.2) is 0 Å². The Hall–Kier alpha value is -2.62. The number of esters is 2. The summed E-state index contributed by atoms with van der Waals surface area (Å²) >= 11 is 0. The molecule has 0 heterocycles. The fraction of sp³-hybridized carbons (Fsp3) is 0.300. The number of benzene rings is 2. The first kappa shape index (κ1) is 17.7. The zero-order valence-electron chi connectivity index (χ0n) is 14.0. The standard InChI is InChI=1S/C20H21O4/c1-15(21)23-13-11-17-7-3-5-9-19(17)20-10-6-4-8-18(20)12-14-24-16(2)22/h3-9H,11-14H2,1-2H3. The maximum Gasteiger partial charge on any atom is 0.302 e. The van der Waals surface area contributed by atoms with Crippen LogP contribution in [0.3, 0.4) is 0 Å². The molecule has 0 aliphatic rings. The van der Waals surface area contributed by atoms with E-state index in [2.05, 4.69) is 6.07 Å². The van der Waals surface area contributed by atoms with Crippen LogP contribution in [-0.2, 0) is 31.9 Å². The number of hydrogen-bond donors (Lipinski definition) is 0. The second kappa shape index (κ2) is 8.87. The summed E-state index contributed by atoms with van der Waals surface area (Å²) in [6.45, 7) is 3.50. The molecule has 0 aliphatic heterocycles. The third kappa shape index (κ3) is 5.23. The van der Waals surface area contributed by atoms with Crippen molar-refractivity contribution in [3.63, 3.8) is 0 Å². The maximum absolute atomic E-state index is 10.9. The van der Waals surface area contributed by atoms with Gasteiger partial charge in [-0.05, 0) is 28.3 Å². The van der Waals surface area contributed by atoms with Crippen molar-refractivity contribution >= 4 is 11.9 Å². The Morgan fingerprint density at radius 2 is 1.46 bits per heavy atom. The summed E-state index contributed by atoms with van der Waals surface area (Å²) < 4.78 is 10.1. The molecule has 0 unspecified atom stereocenters. The van der Waals surface area contributed by atoms with Crippen LogP contribution in [0.15, 0.2) is 42.5 Å². The number of ether oxygens (including phenoxy) is 2. The van der Waals surface area contributed by atoms with E-state index in [0.29, 0.717) is 26.1 Å². The molecule has 1 radical (unpaired) electrons. The van der Waals surface area contributed by atoms with Crippen LogP contribution in [0, 0.1) is 6.07 Å². The van der Waals surface area contributed by atoms with Gasteiger partial charge in [0.05, 0.1) is 13.2 Å². The van der Waals surface area contributed by atoms with Crippen LogP contribution in [0.4, 0.5) is 0 Å². The lowest BCUT2D eigenvalue weighted by Gasteiger charge is -2.14. The fourth-order valence-corrected chi connectivity index (χ4v) is 2.52. The first-order valence-electron chi connectivity index (χ1n) is 7.92. The molecule has 0 spiro atoms. The second-order valence-corrected chi connectivity index (χ2v) is 5.41. The molecule has 4 heteroatoms. The van der Waals surface area contributed by atoms with Crippen LogP contribution in [0.1, 0.15) is 25.0 Å². The molecule has 2 aromatic carbocycles. The minimum absolute atomic E-state index is 0.277. The molecule has 0 atom stereocenters. The quantitative estimate of drug-likeness (QED) is 0.733. The van der Waals surface area contributed by atoms with Crippen molar-refractivity contribution in [1.82, 2.24) is 0 Å². The fourth-order valence-electron chi connectivity index (χ4n) is 2.52. The van der Waals surface area contributed by atoms with Gasteiger partial charge < -0.3 is 9.47 Å². The van der Waals surface area contributed by atoms with Gasteiger partial charge in [0.2, 0.25) is 0 Å². The van der Waals surface area contributed by atoms with E-state index in [-0.39, 0.29) is 11.9 Å². The third-order valence-electron chi connectivity index (χ3n) is 3.58. The lowest BCUT2D eigenvalue weighted by atomic mass is 9.93. The smallest absolute Gasteiger partial charge is 0.302 e. The normalized spacial score (nSPS) is 10.2. The second-order valence-electron chi connectivity index (χ2n) is 5.41. The summed E-state index contributed by atoms with van der Waals surface area (Å²) in [7, 11) is 0. The highest BCUT2D eigenvalue weighted by molar-refractivity contribution is 5.71. The van der Waals surface area contributed by atoms with Crippen LogP contribution in [-0.4, -0.2) is 25.2 Å². The molecule has 2 rings (SSSR count). The minimum Gasteiger partial charge on any atom is -0.466 e. The molecular formula is C20H21O4. The van der Waals surface area contributed by atoms with Gasteiger partial charge in [-0.15, -0.1) is 0 Å². The van der Waals surface area contributed by atoms with Gasteiger partial charge in [0.25, 0.3) is 0 Å². The molecular weight excluding hydrogens is 304 g/mol. The van der Waals surface area contributed by atoms with Crippen molar-refractivity contribution in [2.75, 3.05) is 13.2 Å². The van der Waals surface area contributed by atoms with Crippen LogP contribution >= 0.6 is 0 Å². The molecule has 125 valence electrons. The largest absolute Gasteiger partial charge is 0.466 e. The van der Waals surface area contributed by atoms with E-state index in [9.17, 15) is 9.59 Å².